The summed E-state index contributed by atoms with van der Waals surface area (Å²) in [7, 11) is 0. The Kier molecular flexibility index (Phi) is 5.87. The van der Waals surface area contributed by atoms with E-state index in [0.717, 1.165) is 23.9 Å². The van der Waals surface area contributed by atoms with Gasteiger partial charge in [0.1, 0.15) is 0 Å². The van der Waals surface area contributed by atoms with Crippen molar-refractivity contribution in [2.45, 2.75) is 38.6 Å². The molecule has 0 aromatic heterocycles. The summed E-state index contributed by atoms with van der Waals surface area (Å²) in [4.78, 5) is 12.3. The van der Waals surface area contributed by atoms with E-state index < -0.39 is 0 Å². The summed E-state index contributed by atoms with van der Waals surface area (Å²) < 4.78 is 0. The minimum atomic E-state index is -0.230. The minimum Gasteiger partial charge on any atom is -0.356 e. The largest absolute Gasteiger partial charge is 0.356 e. The van der Waals surface area contributed by atoms with Gasteiger partial charge in [0.15, 0.2) is 0 Å². The molecular formula is C18H27ClN2O. The zero-order valence-corrected chi connectivity index (χ0v) is 14.0. The number of halogens is 1. The number of amides is 1. The molecule has 2 aliphatic rings. The van der Waals surface area contributed by atoms with E-state index in [9.17, 15) is 4.79 Å². The maximum absolute atomic E-state index is 12.3. The maximum atomic E-state index is 12.3. The third kappa shape index (κ3) is 3.64. The summed E-state index contributed by atoms with van der Waals surface area (Å²) in [6.45, 7) is 2.76. The Morgan fingerprint density at radius 1 is 1.27 bits per heavy atom. The minimum absolute atomic E-state index is 0. The van der Waals surface area contributed by atoms with Crippen LogP contribution >= 0.6 is 12.4 Å². The molecule has 3 N–H and O–H groups in total. The van der Waals surface area contributed by atoms with Crippen LogP contribution in [-0.4, -0.2) is 12.5 Å². The molecule has 2 aliphatic carbocycles. The van der Waals surface area contributed by atoms with Gasteiger partial charge in [-0.15, -0.1) is 12.4 Å². The van der Waals surface area contributed by atoms with Crippen molar-refractivity contribution < 1.29 is 4.79 Å². The lowest BCUT2D eigenvalue weighted by Gasteiger charge is -2.24. The fourth-order valence-corrected chi connectivity index (χ4v) is 4.15. The summed E-state index contributed by atoms with van der Waals surface area (Å²) in [5.41, 5.74) is 7.25. The first-order valence-corrected chi connectivity index (χ1v) is 8.23. The average molecular weight is 323 g/mol. The van der Waals surface area contributed by atoms with Crippen molar-refractivity contribution in [2.75, 3.05) is 6.54 Å². The molecule has 1 aromatic rings. The van der Waals surface area contributed by atoms with Crippen LogP contribution in [0.15, 0.2) is 30.3 Å². The third-order valence-corrected chi connectivity index (χ3v) is 5.56. The summed E-state index contributed by atoms with van der Waals surface area (Å²) in [6.07, 6.45) is 5.47. The van der Waals surface area contributed by atoms with Crippen LogP contribution in [-0.2, 0) is 4.79 Å². The molecule has 5 atom stereocenters. The molecule has 4 heteroatoms. The molecule has 1 aromatic carbocycles. The van der Waals surface area contributed by atoms with Gasteiger partial charge < -0.3 is 11.1 Å². The van der Waals surface area contributed by atoms with Gasteiger partial charge in [0.2, 0.25) is 5.91 Å². The van der Waals surface area contributed by atoms with Crippen molar-refractivity contribution in [2.24, 2.45) is 29.4 Å². The van der Waals surface area contributed by atoms with Gasteiger partial charge in [-0.2, -0.15) is 0 Å². The van der Waals surface area contributed by atoms with Gasteiger partial charge in [-0.3, -0.25) is 4.79 Å². The number of benzene rings is 1. The predicted molar refractivity (Wildman–Crippen MR) is 91.7 cm³/mol. The lowest BCUT2D eigenvalue weighted by molar-refractivity contribution is -0.125. The van der Waals surface area contributed by atoms with Crippen molar-refractivity contribution >= 4 is 18.3 Å². The zero-order valence-electron chi connectivity index (χ0n) is 13.2. The first kappa shape index (κ1) is 17.3. The molecular weight excluding hydrogens is 296 g/mol. The third-order valence-electron chi connectivity index (χ3n) is 5.56. The van der Waals surface area contributed by atoms with E-state index in [1.165, 1.54) is 25.7 Å². The van der Waals surface area contributed by atoms with Crippen LogP contribution in [0.25, 0.3) is 0 Å². The molecule has 0 saturated heterocycles. The Labute approximate surface area is 139 Å². The number of nitrogens with one attached hydrogen (secondary N) is 1. The fourth-order valence-electron chi connectivity index (χ4n) is 4.15. The molecule has 3 nitrogen and oxygen atoms in total. The second-order valence-corrected chi connectivity index (χ2v) is 6.91. The van der Waals surface area contributed by atoms with Crippen molar-refractivity contribution in [1.82, 2.24) is 5.32 Å². The van der Waals surface area contributed by atoms with Gasteiger partial charge in [-0.05, 0) is 42.6 Å². The number of nitrogens with two attached hydrogens (primary N) is 1. The second kappa shape index (κ2) is 7.47. The summed E-state index contributed by atoms with van der Waals surface area (Å²) in [6, 6.07) is 9.65. The first-order chi connectivity index (χ1) is 10.1. The molecule has 5 unspecified atom stereocenters. The Bertz CT molecular complexity index is 493. The molecule has 2 saturated carbocycles. The van der Waals surface area contributed by atoms with E-state index in [-0.39, 0.29) is 30.3 Å². The lowest BCUT2D eigenvalue weighted by Crippen LogP contribution is -2.38. The summed E-state index contributed by atoms with van der Waals surface area (Å²) in [5, 5.41) is 3.14. The molecule has 2 fully saturated rings. The van der Waals surface area contributed by atoms with E-state index in [2.05, 4.69) is 5.32 Å². The summed E-state index contributed by atoms with van der Waals surface area (Å²) >= 11 is 0. The Hall–Kier alpha value is -1.06. The number of hydrogen-bond donors (Lipinski definition) is 2. The standard InChI is InChI=1S/C18H26N2O.ClH/c1-12(17(19)14-5-3-2-4-6-14)18(21)20-11-16-10-13-7-8-15(16)9-13;/h2-6,12-13,15-17H,7-11,19H2,1H3,(H,20,21);1H. The highest BCUT2D eigenvalue weighted by molar-refractivity contribution is 5.85. The second-order valence-electron chi connectivity index (χ2n) is 6.91. The van der Waals surface area contributed by atoms with E-state index in [1.54, 1.807) is 0 Å². The predicted octanol–water partition coefficient (Wildman–Crippen LogP) is 3.30. The van der Waals surface area contributed by atoms with Gasteiger partial charge in [0, 0.05) is 12.6 Å². The normalized spacial score (nSPS) is 28.7. The van der Waals surface area contributed by atoms with E-state index in [1.807, 2.05) is 37.3 Å². The van der Waals surface area contributed by atoms with Crippen LogP contribution < -0.4 is 11.1 Å². The van der Waals surface area contributed by atoms with Crippen LogP contribution in [0.4, 0.5) is 0 Å². The highest BCUT2D eigenvalue weighted by Gasteiger charge is 2.39. The van der Waals surface area contributed by atoms with Crippen molar-refractivity contribution in [3.05, 3.63) is 35.9 Å². The van der Waals surface area contributed by atoms with Gasteiger partial charge in [0.25, 0.3) is 0 Å². The molecule has 0 spiro atoms. The Morgan fingerprint density at radius 2 is 2.00 bits per heavy atom. The zero-order chi connectivity index (χ0) is 14.8. The molecule has 0 aliphatic heterocycles. The van der Waals surface area contributed by atoms with Gasteiger partial charge >= 0.3 is 0 Å². The van der Waals surface area contributed by atoms with Gasteiger partial charge in [0.05, 0.1) is 5.92 Å². The molecule has 0 heterocycles. The van der Waals surface area contributed by atoms with Crippen LogP contribution in [0.2, 0.25) is 0 Å². The highest BCUT2D eigenvalue weighted by Crippen LogP contribution is 2.47. The Morgan fingerprint density at radius 3 is 2.59 bits per heavy atom. The highest BCUT2D eigenvalue weighted by atomic mass is 35.5. The van der Waals surface area contributed by atoms with Crippen molar-refractivity contribution in [3.8, 4) is 0 Å². The molecule has 1 amide bonds. The maximum Gasteiger partial charge on any atom is 0.224 e. The molecule has 22 heavy (non-hydrogen) atoms. The van der Waals surface area contributed by atoms with Crippen LogP contribution in [0.1, 0.15) is 44.2 Å². The molecule has 3 rings (SSSR count). The number of hydrogen-bond acceptors (Lipinski definition) is 2. The fraction of sp³-hybridized carbons (Fsp3) is 0.611. The lowest BCUT2D eigenvalue weighted by atomic mass is 9.88. The SMILES string of the molecule is CC(C(=O)NCC1CC2CCC1C2)C(N)c1ccccc1.Cl. The quantitative estimate of drug-likeness (QED) is 0.874. The number of rotatable bonds is 5. The monoisotopic (exact) mass is 322 g/mol. The van der Waals surface area contributed by atoms with Crippen molar-refractivity contribution in [1.29, 1.82) is 0 Å². The van der Waals surface area contributed by atoms with Crippen LogP contribution in [0.5, 0.6) is 0 Å². The number of carbonyl (C=O) groups is 1. The van der Waals surface area contributed by atoms with Crippen LogP contribution in [0.3, 0.4) is 0 Å². The molecule has 2 bridgehead atoms. The topological polar surface area (TPSA) is 55.1 Å². The van der Waals surface area contributed by atoms with E-state index >= 15 is 0 Å². The summed E-state index contributed by atoms with van der Waals surface area (Å²) in [5.74, 6) is 2.39. The first-order valence-electron chi connectivity index (χ1n) is 8.23. The van der Waals surface area contributed by atoms with Gasteiger partial charge in [-0.25, -0.2) is 0 Å². The number of fused-ring (bicyclic) bond motifs is 2. The van der Waals surface area contributed by atoms with E-state index in [0.29, 0.717) is 5.92 Å². The smallest absolute Gasteiger partial charge is 0.224 e. The van der Waals surface area contributed by atoms with Gasteiger partial charge in [-0.1, -0.05) is 43.7 Å². The Balaban J connectivity index is 0.00000176. The molecule has 122 valence electrons. The average Bonchev–Trinajstić information content (AvgIpc) is 3.14. The van der Waals surface area contributed by atoms with E-state index in [4.69, 9.17) is 5.73 Å². The molecule has 0 radical (unpaired) electrons. The van der Waals surface area contributed by atoms with Crippen LogP contribution in [0, 0.1) is 23.7 Å². The number of carbonyl (C=O) groups excluding carboxylic acids is 1. The van der Waals surface area contributed by atoms with Crippen molar-refractivity contribution in [3.63, 3.8) is 0 Å².